The van der Waals surface area contributed by atoms with E-state index in [0.717, 1.165) is 6.54 Å². The van der Waals surface area contributed by atoms with Gasteiger partial charge in [0.05, 0.1) is 25.2 Å². The molecule has 0 atom stereocenters. The van der Waals surface area contributed by atoms with Gasteiger partial charge in [0.25, 0.3) is 11.8 Å². The first-order valence-corrected chi connectivity index (χ1v) is 7.29. The standard InChI is InChI=1S/C18H19N2O2.BrH/c1-20(2,12-14-8-4-3-5-9-14)13-19-17(21)15-10-6-7-11-16(15)18(19)22;/h3-11H,12-13H2,1-2H3;1H/q+1;. The average molecular weight is 376 g/mol. The second kappa shape index (κ2) is 6.64. The molecule has 4 nitrogen and oxygen atoms in total. The molecule has 2 amide bonds. The lowest BCUT2D eigenvalue weighted by Gasteiger charge is -2.32. The van der Waals surface area contributed by atoms with Gasteiger partial charge in [0.1, 0.15) is 6.54 Å². The fraction of sp³-hybridized carbons (Fsp3) is 0.222. The molecule has 0 radical (unpaired) electrons. The number of imide groups is 1. The number of carbonyl (C=O) groups is 2. The molecule has 0 unspecified atom stereocenters. The number of carbonyl (C=O) groups excluding carboxylic acids is 2. The normalized spacial score (nSPS) is 13.7. The van der Waals surface area contributed by atoms with Crippen LogP contribution in [0.3, 0.4) is 0 Å². The minimum absolute atomic E-state index is 0. The number of hydrogen-bond acceptors (Lipinski definition) is 2. The summed E-state index contributed by atoms with van der Waals surface area (Å²) in [4.78, 5) is 26.2. The van der Waals surface area contributed by atoms with Crippen LogP contribution in [0.15, 0.2) is 54.6 Å². The average Bonchev–Trinajstić information content (AvgIpc) is 2.73. The van der Waals surface area contributed by atoms with E-state index in [1.165, 1.54) is 10.5 Å². The molecule has 0 saturated carbocycles. The molecule has 1 aliphatic heterocycles. The first kappa shape index (κ1) is 17.4. The third-order valence-electron chi connectivity index (χ3n) is 3.86. The Bertz CT molecular complexity index is 694. The number of benzene rings is 2. The van der Waals surface area contributed by atoms with Gasteiger partial charge in [-0.25, -0.2) is 4.90 Å². The molecule has 23 heavy (non-hydrogen) atoms. The molecular weight excluding hydrogens is 356 g/mol. The Morgan fingerprint density at radius 3 is 1.83 bits per heavy atom. The lowest BCUT2D eigenvalue weighted by Crippen LogP contribution is -2.49. The van der Waals surface area contributed by atoms with E-state index in [1.807, 2.05) is 32.3 Å². The van der Waals surface area contributed by atoms with Gasteiger partial charge in [-0.1, -0.05) is 42.5 Å². The zero-order valence-corrected chi connectivity index (χ0v) is 14.9. The highest BCUT2D eigenvalue weighted by Gasteiger charge is 2.38. The summed E-state index contributed by atoms with van der Waals surface area (Å²) in [5, 5.41) is 0. The minimum Gasteiger partial charge on any atom is -0.307 e. The summed E-state index contributed by atoms with van der Waals surface area (Å²) >= 11 is 0. The fourth-order valence-corrected chi connectivity index (χ4v) is 2.88. The van der Waals surface area contributed by atoms with Crippen LogP contribution in [0.25, 0.3) is 0 Å². The second-order valence-electron chi connectivity index (χ2n) is 6.30. The summed E-state index contributed by atoms with van der Waals surface area (Å²) in [6.07, 6.45) is 0. The zero-order valence-electron chi connectivity index (χ0n) is 13.2. The van der Waals surface area contributed by atoms with Gasteiger partial charge in [-0.05, 0) is 12.1 Å². The highest BCUT2D eigenvalue weighted by molar-refractivity contribution is 8.93. The van der Waals surface area contributed by atoms with E-state index in [-0.39, 0.29) is 28.8 Å². The third-order valence-corrected chi connectivity index (χ3v) is 3.86. The van der Waals surface area contributed by atoms with Crippen LogP contribution in [0, 0.1) is 0 Å². The molecule has 0 fully saturated rings. The van der Waals surface area contributed by atoms with Crippen molar-refractivity contribution in [3.8, 4) is 0 Å². The Kier molecular flexibility index (Phi) is 5.02. The van der Waals surface area contributed by atoms with E-state index in [1.54, 1.807) is 24.3 Å². The van der Waals surface area contributed by atoms with Gasteiger partial charge in [0.2, 0.25) is 0 Å². The summed E-state index contributed by atoms with van der Waals surface area (Å²) in [6, 6.07) is 17.1. The fourth-order valence-electron chi connectivity index (χ4n) is 2.88. The molecule has 0 N–H and O–H groups in total. The maximum absolute atomic E-state index is 12.4. The Balaban J connectivity index is 0.00000192. The first-order chi connectivity index (χ1) is 10.5. The SMILES string of the molecule is Br.C[N+](C)(Cc1ccccc1)CN1C(=O)c2ccccc2C1=O. The molecule has 0 saturated heterocycles. The number of rotatable bonds is 4. The van der Waals surface area contributed by atoms with Gasteiger partial charge in [-0.2, -0.15) is 0 Å². The van der Waals surface area contributed by atoms with Crippen molar-refractivity contribution in [3.05, 3.63) is 71.3 Å². The highest BCUT2D eigenvalue weighted by Crippen LogP contribution is 2.24. The van der Waals surface area contributed by atoms with E-state index in [2.05, 4.69) is 12.1 Å². The van der Waals surface area contributed by atoms with Crippen molar-refractivity contribution in [2.45, 2.75) is 6.54 Å². The summed E-state index contributed by atoms with van der Waals surface area (Å²) in [5.41, 5.74) is 2.20. The molecule has 0 aromatic heterocycles. The molecule has 5 heteroatoms. The maximum Gasteiger partial charge on any atom is 0.265 e. The number of quaternary nitrogens is 1. The van der Waals surface area contributed by atoms with Crippen LogP contribution in [0.4, 0.5) is 0 Å². The van der Waals surface area contributed by atoms with Crippen molar-refractivity contribution in [2.24, 2.45) is 0 Å². The first-order valence-electron chi connectivity index (χ1n) is 7.29. The van der Waals surface area contributed by atoms with Crippen molar-refractivity contribution in [2.75, 3.05) is 20.8 Å². The Morgan fingerprint density at radius 2 is 1.30 bits per heavy atom. The summed E-state index contributed by atoms with van der Waals surface area (Å²) in [6.45, 7) is 1.12. The van der Waals surface area contributed by atoms with Crippen LogP contribution in [0.2, 0.25) is 0 Å². The van der Waals surface area contributed by atoms with E-state index < -0.39 is 0 Å². The van der Waals surface area contributed by atoms with Gasteiger partial charge in [-0.3, -0.25) is 9.59 Å². The molecule has 120 valence electrons. The van der Waals surface area contributed by atoms with Crippen molar-refractivity contribution in [1.29, 1.82) is 0 Å². The quantitative estimate of drug-likeness (QED) is 0.608. The molecular formula is C18H20BrN2O2+. The van der Waals surface area contributed by atoms with Crippen molar-refractivity contribution >= 4 is 28.8 Å². The predicted molar refractivity (Wildman–Crippen MR) is 94.4 cm³/mol. The summed E-state index contributed by atoms with van der Waals surface area (Å²) in [5.74, 6) is -0.389. The van der Waals surface area contributed by atoms with Gasteiger partial charge in [0, 0.05) is 5.56 Å². The Labute approximate surface area is 146 Å². The van der Waals surface area contributed by atoms with Crippen LogP contribution in [0.5, 0.6) is 0 Å². The number of halogens is 1. The minimum atomic E-state index is -0.195. The van der Waals surface area contributed by atoms with E-state index in [9.17, 15) is 9.59 Å². The molecule has 2 aromatic carbocycles. The second-order valence-corrected chi connectivity index (χ2v) is 6.30. The van der Waals surface area contributed by atoms with Crippen molar-refractivity contribution in [3.63, 3.8) is 0 Å². The van der Waals surface area contributed by atoms with E-state index >= 15 is 0 Å². The van der Waals surface area contributed by atoms with Crippen LogP contribution < -0.4 is 0 Å². The molecule has 0 bridgehead atoms. The molecule has 2 aromatic rings. The van der Waals surface area contributed by atoms with Crippen LogP contribution in [0.1, 0.15) is 26.3 Å². The monoisotopic (exact) mass is 375 g/mol. The zero-order chi connectivity index (χ0) is 15.7. The van der Waals surface area contributed by atoms with Crippen molar-refractivity contribution in [1.82, 2.24) is 4.90 Å². The van der Waals surface area contributed by atoms with Crippen LogP contribution >= 0.6 is 17.0 Å². The predicted octanol–water partition coefficient (Wildman–Crippen LogP) is 3.09. The molecule has 0 aliphatic carbocycles. The van der Waals surface area contributed by atoms with Gasteiger partial charge in [0.15, 0.2) is 6.67 Å². The highest BCUT2D eigenvalue weighted by atomic mass is 79.9. The van der Waals surface area contributed by atoms with E-state index in [4.69, 9.17) is 0 Å². The molecule has 1 heterocycles. The van der Waals surface area contributed by atoms with Gasteiger partial charge < -0.3 is 4.48 Å². The smallest absolute Gasteiger partial charge is 0.265 e. The lowest BCUT2D eigenvalue weighted by molar-refractivity contribution is -0.910. The number of hydrogen-bond donors (Lipinski definition) is 0. The summed E-state index contributed by atoms with van der Waals surface area (Å²) < 4.78 is 0.537. The number of amides is 2. The maximum atomic E-state index is 12.4. The molecule has 0 spiro atoms. The van der Waals surface area contributed by atoms with Gasteiger partial charge >= 0.3 is 0 Å². The molecule has 3 rings (SSSR count). The topological polar surface area (TPSA) is 37.4 Å². The lowest BCUT2D eigenvalue weighted by atomic mass is 10.1. The van der Waals surface area contributed by atoms with Gasteiger partial charge in [-0.15, -0.1) is 17.0 Å². The molecule has 1 aliphatic rings. The van der Waals surface area contributed by atoms with Crippen LogP contribution in [-0.2, 0) is 6.54 Å². The van der Waals surface area contributed by atoms with Crippen molar-refractivity contribution < 1.29 is 14.1 Å². The summed E-state index contributed by atoms with van der Waals surface area (Å²) in [7, 11) is 4.05. The largest absolute Gasteiger partial charge is 0.307 e. The Morgan fingerprint density at radius 1 is 0.826 bits per heavy atom. The Hall–Kier alpha value is -1.98. The van der Waals surface area contributed by atoms with Crippen LogP contribution in [-0.4, -0.2) is 42.0 Å². The third kappa shape index (κ3) is 3.51. The number of nitrogens with zero attached hydrogens (tertiary/aromatic N) is 2. The van der Waals surface area contributed by atoms with E-state index in [0.29, 0.717) is 22.3 Å². The number of fused-ring (bicyclic) bond motifs is 1.